The molecule has 0 saturated heterocycles. The Morgan fingerprint density at radius 1 is 1.10 bits per heavy atom. The Balaban J connectivity index is 1.79. The first-order valence-electron chi connectivity index (χ1n) is 8.74. The molecule has 0 aliphatic heterocycles. The molecule has 0 heterocycles. The number of ether oxygens (including phenoxy) is 2. The highest BCUT2D eigenvalue weighted by molar-refractivity contribution is 7.89. The number of rotatable bonds is 9. The summed E-state index contributed by atoms with van der Waals surface area (Å²) in [5.41, 5.74) is 1.39. The molecule has 0 atom stereocenters. The SMILES string of the molecule is CCOc1ccccc1/C=C/C(=O)OCC(=O)NCc1ccc(S(N)(=O)=O)cc1. The summed E-state index contributed by atoms with van der Waals surface area (Å²) in [4.78, 5) is 23.6. The number of benzene rings is 2. The fourth-order valence-electron chi connectivity index (χ4n) is 2.30. The van der Waals surface area contributed by atoms with Crippen molar-refractivity contribution in [2.45, 2.75) is 18.4 Å². The molecular formula is C20H22N2O6S. The van der Waals surface area contributed by atoms with Crippen LogP contribution in [0.3, 0.4) is 0 Å². The predicted molar refractivity (Wildman–Crippen MR) is 107 cm³/mol. The van der Waals surface area contributed by atoms with Crippen molar-refractivity contribution >= 4 is 28.0 Å². The molecule has 0 bridgehead atoms. The van der Waals surface area contributed by atoms with E-state index >= 15 is 0 Å². The quantitative estimate of drug-likeness (QED) is 0.471. The minimum absolute atomic E-state index is 0.0146. The van der Waals surface area contributed by atoms with Gasteiger partial charge >= 0.3 is 5.97 Å². The number of nitrogens with one attached hydrogen (secondary N) is 1. The molecule has 9 heteroatoms. The fourth-order valence-corrected chi connectivity index (χ4v) is 2.81. The molecule has 0 fully saturated rings. The zero-order valence-electron chi connectivity index (χ0n) is 15.8. The summed E-state index contributed by atoms with van der Waals surface area (Å²) >= 11 is 0. The van der Waals surface area contributed by atoms with Crippen molar-refractivity contribution in [2.75, 3.05) is 13.2 Å². The highest BCUT2D eigenvalue weighted by Crippen LogP contribution is 2.19. The summed E-state index contributed by atoms with van der Waals surface area (Å²) in [5.74, 6) is -0.508. The molecule has 0 saturated carbocycles. The van der Waals surface area contributed by atoms with Crippen LogP contribution in [0.15, 0.2) is 59.5 Å². The summed E-state index contributed by atoms with van der Waals surface area (Å²) in [6.45, 7) is 2.08. The lowest BCUT2D eigenvalue weighted by Crippen LogP contribution is -2.28. The molecule has 154 valence electrons. The summed E-state index contributed by atoms with van der Waals surface area (Å²) in [6.07, 6.45) is 2.77. The molecule has 29 heavy (non-hydrogen) atoms. The number of esters is 1. The van der Waals surface area contributed by atoms with Crippen LogP contribution in [-0.4, -0.2) is 33.5 Å². The second kappa shape index (κ2) is 10.4. The standard InChI is InChI=1S/C20H22N2O6S/c1-2-27-18-6-4-3-5-16(18)9-12-20(24)28-14-19(23)22-13-15-7-10-17(11-8-15)29(21,25)26/h3-12H,2,13-14H2,1H3,(H,22,23)(H2,21,25,26)/b12-9+. The Morgan fingerprint density at radius 2 is 1.79 bits per heavy atom. The molecule has 0 aliphatic rings. The molecule has 0 unspecified atom stereocenters. The third-order valence-corrected chi connectivity index (χ3v) is 4.63. The van der Waals surface area contributed by atoms with Gasteiger partial charge in [0.15, 0.2) is 6.61 Å². The minimum atomic E-state index is -3.76. The van der Waals surface area contributed by atoms with E-state index in [4.69, 9.17) is 14.6 Å². The molecule has 2 aromatic rings. The maximum atomic E-state index is 11.8. The van der Waals surface area contributed by atoms with E-state index in [1.54, 1.807) is 18.2 Å². The monoisotopic (exact) mass is 418 g/mol. The lowest BCUT2D eigenvalue weighted by Gasteiger charge is -2.07. The molecule has 0 spiro atoms. The molecule has 3 N–H and O–H groups in total. The topological polar surface area (TPSA) is 125 Å². The van der Waals surface area contributed by atoms with E-state index in [-0.39, 0.29) is 11.4 Å². The van der Waals surface area contributed by atoms with Gasteiger partial charge in [-0.2, -0.15) is 0 Å². The number of carbonyl (C=O) groups excluding carboxylic acids is 2. The normalized spacial score (nSPS) is 11.2. The summed E-state index contributed by atoms with van der Waals surface area (Å²) in [5, 5.41) is 7.59. The first-order valence-corrected chi connectivity index (χ1v) is 10.3. The van der Waals surface area contributed by atoms with Crippen molar-refractivity contribution in [2.24, 2.45) is 5.14 Å². The zero-order chi connectivity index (χ0) is 21.3. The van der Waals surface area contributed by atoms with E-state index in [9.17, 15) is 18.0 Å². The van der Waals surface area contributed by atoms with Gasteiger partial charge in [-0.05, 0) is 36.8 Å². The predicted octanol–water partition coefficient (Wildman–Crippen LogP) is 1.61. The number of hydrogen-bond donors (Lipinski definition) is 2. The number of nitrogens with two attached hydrogens (primary N) is 1. The van der Waals surface area contributed by atoms with Gasteiger partial charge in [-0.1, -0.05) is 30.3 Å². The van der Waals surface area contributed by atoms with Gasteiger partial charge in [-0.3, -0.25) is 4.79 Å². The van der Waals surface area contributed by atoms with Crippen LogP contribution in [-0.2, 0) is 30.9 Å². The van der Waals surface area contributed by atoms with Crippen molar-refractivity contribution in [3.05, 3.63) is 65.7 Å². The number of hydrogen-bond acceptors (Lipinski definition) is 6. The Kier molecular flexibility index (Phi) is 7.93. The lowest BCUT2D eigenvalue weighted by atomic mass is 10.2. The third-order valence-electron chi connectivity index (χ3n) is 3.70. The Labute approximate surface area is 169 Å². The average molecular weight is 418 g/mol. The molecule has 0 aromatic heterocycles. The maximum Gasteiger partial charge on any atom is 0.331 e. The molecule has 8 nitrogen and oxygen atoms in total. The van der Waals surface area contributed by atoms with Crippen molar-refractivity contribution < 1.29 is 27.5 Å². The number of sulfonamides is 1. The minimum Gasteiger partial charge on any atom is -0.493 e. The van der Waals surface area contributed by atoms with Crippen molar-refractivity contribution in [3.63, 3.8) is 0 Å². The second-order valence-electron chi connectivity index (χ2n) is 5.88. The van der Waals surface area contributed by atoms with Crippen LogP contribution in [0.4, 0.5) is 0 Å². The van der Waals surface area contributed by atoms with Gasteiger partial charge in [0.2, 0.25) is 10.0 Å². The van der Waals surface area contributed by atoms with Crippen LogP contribution in [0.5, 0.6) is 5.75 Å². The van der Waals surface area contributed by atoms with Crippen LogP contribution in [0.1, 0.15) is 18.1 Å². The lowest BCUT2D eigenvalue weighted by molar-refractivity contribution is -0.143. The number of carbonyl (C=O) groups is 2. The van der Waals surface area contributed by atoms with Crippen molar-refractivity contribution in [1.82, 2.24) is 5.32 Å². The van der Waals surface area contributed by atoms with Gasteiger partial charge in [0.1, 0.15) is 5.75 Å². The van der Waals surface area contributed by atoms with Crippen molar-refractivity contribution in [3.8, 4) is 5.75 Å². The fraction of sp³-hybridized carbons (Fsp3) is 0.200. The zero-order valence-corrected chi connectivity index (χ0v) is 16.6. The van der Waals surface area contributed by atoms with Gasteiger partial charge in [0, 0.05) is 18.2 Å². The summed E-state index contributed by atoms with van der Waals surface area (Å²) in [6, 6.07) is 13.0. The third kappa shape index (κ3) is 7.40. The van der Waals surface area contributed by atoms with Gasteiger partial charge in [0.25, 0.3) is 5.91 Å². The average Bonchev–Trinajstić information content (AvgIpc) is 2.70. The molecule has 2 rings (SSSR count). The highest BCUT2D eigenvalue weighted by atomic mass is 32.2. The van der Waals surface area contributed by atoms with Crippen LogP contribution in [0.25, 0.3) is 6.08 Å². The van der Waals surface area contributed by atoms with E-state index < -0.39 is 28.5 Å². The van der Waals surface area contributed by atoms with Gasteiger partial charge < -0.3 is 14.8 Å². The highest BCUT2D eigenvalue weighted by Gasteiger charge is 2.08. The Bertz CT molecular complexity index is 984. The van der Waals surface area contributed by atoms with Crippen LogP contribution in [0.2, 0.25) is 0 Å². The number of para-hydroxylation sites is 1. The largest absolute Gasteiger partial charge is 0.493 e. The van der Waals surface area contributed by atoms with E-state index in [1.165, 1.54) is 30.3 Å². The van der Waals surface area contributed by atoms with Crippen LogP contribution in [0, 0.1) is 0 Å². The van der Waals surface area contributed by atoms with Gasteiger partial charge in [0.05, 0.1) is 11.5 Å². The van der Waals surface area contributed by atoms with Crippen LogP contribution >= 0.6 is 0 Å². The Hall–Kier alpha value is -3.17. The van der Waals surface area contributed by atoms with E-state index in [1.807, 2.05) is 19.1 Å². The molecule has 1 amide bonds. The molecule has 0 radical (unpaired) electrons. The number of amides is 1. The van der Waals surface area contributed by atoms with E-state index in [0.29, 0.717) is 17.9 Å². The number of primary sulfonamides is 1. The van der Waals surface area contributed by atoms with Crippen LogP contribution < -0.4 is 15.2 Å². The van der Waals surface area contributed by atoms with Gasteiger partial charge in [-0.15, -0.1) is 0 Å². The van der Waals surface area contributed by atoms with E-state index in [2.05, 4.69) is 5.32 Å². The summed E-state index contributed by atoms with van der Waals surface area (Å²) < 4.78 is 32.8. The first-order chi connectivity index (χ1) is 13.8. The molecule has 0 aliphatic carbocycles. The van der Waals surface area contributed by atoms with Gasteiger partial charge in [-0.25, -0.2) is 18.4 Å². The summed E-state index contributed by atoms with van der Waals surface area (Å²) in [7, 11) is -3.76. The first kappa shape index (κ1) is 22.1. The smallest absolute Gasteiger partial charge is 0.331 e. The van der Waals surface area contributed by atoms with E-state index in [0.717, 1.165) is 5.56 Å². The molecule has 2 aromatic carbocycles. The Morgan fingerprint density at radius 3 is 2.45 bits per heavy atom. The van der Waals surface area contributed by atoms with Crippen molar-refractivity contribution in [1.29, 1.82) is 0 Å². The second-order valence-corrected chi connectivity index (χ2v) is 7.44. The maximum absolute atomic E-state index is 11.8. The molecular weight excluding hydrogens is 396 g/mol.